The maximum atomic E-state index is 12.6. The Labute approximate surface area is 118 Å². The van der Waals surface area contributed by atoms with Crippen molar-refractivity contribution in [2.45, 2.75) is 38.9 Å². The SMILES string of the molecule is CC1C[C@H](C(=O)N2CC(C)OC(CO)C2)[C@H](C(=O)O)C1. The molecule has 114 valence electrons. The highest BCUT2D eigenvalue weighted by Crippen LogP contribution is 2.37. The van der Waals surface area contributed by atoms with Gasteiger partial charge in [0, 0.05) is 13.1 Å². The van der Waals surface area contributed by atoms with E-state index in [0.29, 0.717) is 25.9 Å². The van der Waals surface area contributed by atoms with Crippen LogP contribution < -0.4 is 0 Å². The van der Waals surface area contributed by atoms with Crippen molar-refractivity contribution in [2.24, 2.45) is 17.8 Å². The molecule has 20 heavy (non-hydrogen) atoms. The zero-order valence-corrected chi connectivity index (χ0v) is 12.0. The van der Waals surface area contributed by atoms with Gasteiger partial charge >= 0.3 is 5.97 Å². The van der Waals surface area contributed by atoms with Crippen molar-refractivity contribution in [2.75, 3.05) is 19.7 Å². The number of carboxylic acid groups (broad SMARTS) is 1. The molecule has 6 heteroatoms. The van der Waals surface area contributed by atoms with E-state index < -0.39 is 17.8 Å². The van der Waals surface area contributed by atoms with Gasteiger partial charge in [0.05, 0.1) is 30.7 Å². The fraction of sp³-hybridized carbons (Fsp3) is 0.857. The van der Waals surface area contributed by atoms with Crippen LogP contribution in [0.2, 0.25) is 0 Å². The Morgan fingerprint density at radius 2 is 1.85 bits per heavy atom. The van der Waals surface area contributed by atoms with Gasteiger partial charge in [0.2, 0.25) is 5.91 Å². The van der Waals surface area contributed by atoms with E-state index in [-0.39, 0.29) is 30.6 Å². The summed E-state index contributed by atoms with van der Waals surface area (Å²) in [4.78, 5) is 25.5. The minimum atomic E-state index is -0.882. The average Bonchev–Trinajstić information content (AvgIpc) is 2.79. The molecule has 1 saturated heterocycles. The van der Waals surface area contributed by atoms with Crippen LogP contribution in [0, 0.1) is 17.8 Å². The van der Waals surface area contributed by atoms with Crippen LogP contribution in [0.25, 0.3) is 0 Å². The number of aliphatic hydroxyl groups excluding tert-OH is 1. The van der Waals surface area contributed by atoms with Gasteiger partial charge in [-0.15, -0.1) is 0 Å². The maximum absolute atomic E-state index is 12.6. The molecule has 0 aromatic heterocycles. The van der Waals surface area contributed by atoms with Crippen molar-refractivity contribution in [3.8, 4) is 0 Å². The molecule has 0 aromatic rings. The first-order valence-electron chi connectivity index (χ1n) is 7.20. The highest BCUT2D eigenvalue weighted by atomic mass is 16.5. The third-order valence-electron chi connectivity index (χ3n) is 4.27. The molecule has 1 aliphatic carbocycles. The molecule has 0 aromatic carbocycles. The lowest BCUT2D eigenvalue weighted by molar-refractivity contribution is -0.157. The number of nitrogens with zero attached hydrogens (tertiary/aromatic N) is 1. The summed E-state index contributed by atoms with van der Waals surface area (Å²) in [5, 5.41) is 18.5. The summed E-state index contributed by atoms with van der Waals surface area (Å²) < 4.78 is 5.51. The van der Waals surface area contributed by atoms with E-state index in [2.05, 4.69) is 0 Å². The number of hydrogen-bond donors (Lipinski definition) is 2. The molecule has 1 heterocycles. The molecule has 2 fully saturated rings. The van der Waals surface area contributed by atoms with Crippen LogP contribution in [0.4, 0.5) is 0 Å². The zero-order chi connectivity index (χ0) is 14.9. The summed E-state index contributed by atoms with van der Waals surface area (Å²) in [7, 11) is 0. The minimum Gasteiger partial charge on any atom is -0.481 e. The first-order valence-corrected chi connectivity index (χ1v) is 7.20. The molecule has 0 bridgehead atoms. The molecule has 0 spiro atoms. The highest BCUT2D eigenvalue weighted by Gasteiger charge is 2.44. The van der Waals surface area contributed by atoms with Crippen molar-refractivity contribution in [3.05, 3.63) is 0 Å². The summed E-state index contributed by atoms with van der Waals surface area (Å²) >= 11 is 0. The molecule has 3 unspecified atom stereocenters. The minimum absolute atomic E-state index is 0.102. The fourth-order valence-corrected chi connectivity index (χ4v) is 3.40. The monoisotopic (exact) mass is 285 g/mol. The second-order valence-corrected chi connectivity index (χ2v) is 6.12. The van der Waals surface area contributed by atoms with E-state index in [0.717, 1.165) is 0 Å². The number of ether oxygens (including phenoxy) is 1. The van der Waals surface area contributed by atoms with Crippen LogP contribution in [0.3, 0.4) is 0 Å². The number of carboxylic acids is 1. The van der Waals surface area contributed by atoms with Crippen molar-refractivity contribution in [3.63, 3.8) is 0 Å². The Hall–Kier alpha value is -1.14. The van der Waals surface area contributed by atoms with Gasteiger partial charge in [-0.1, -0.05) is 6.92 Å². The summed E-state index contributed by atoms with van der Waals surface area (Å²) in [6.45, 7) is 4.52. The van der Waals surface area contributed by atoms with E-state index in [1.807, 2.05) is 13.8 Å². The van der Waals surface area contributed by atoms with Gasteiger partial charge in [-0.25, -0.2) is 0 Å². The molecular weight excluding hydrogens is 262 g/mol. The molecule has 1 amide bonds. The van der Waals surface area contributed by atoms with Crippen molar-refractivity contribution >= 4 is 11.9 Å². The number of aliphatic hydroxyl groups is 1. The lowest BCUT2D eigenvalue weighted by Gasteiger charge is -2.37. The second kappa shape index (κ2) is 6.10. The summed E-state index contributed by atoms with van der Waals surface area (Å²) in [6.07, 6.45) is 0.692. The lowest BCUT2D eigenvalue weighted by atomic mass is 9.94. The lowest BCUT2D eigenvalue weighted by Crippen LogP contribution is -2.52. The predicted octanol–water partition coefficient (Wildman–Crippen LogP) is 0.342. The Morgan fingerprint density at radius 3 is 2.45 bits per heavy atom. The molecule has 6 nitrogen and oxygen atoms in total. The van der Waals surface area contributed by atoms with Gasteiger partial charge in [0.1, 0.15) is 0 Å². The van der Waals surface area contributed by atoms with E-state index in [1.165, 1.54) is 0 Å². The fourth-order valence-electron chi connectivity index (χ4n) is 3.40. The number of rotatable bonds is 3. The third kappa shape index (κ3) is 3.12. The van der Waals surface area contributed by atoms with Crippen molar-refractivity contribution < 1.29 is 24.5 Å². The number of amides is 1. The van der Waals surface area contributed by atoms with Gasteiger partial charge in [0.15, 0.2) is 0 Å². The Bertz CT molecular complexity index is 386. The quantitative estimate of drug-likeness (QED) is 0.781. The van der Waals surface area contributed by atoms with Crippen LogP contribution in [-0.2, 0) is 14.3 Å². The summed E-state index contributed by atoms with van der Waals surface area (Å²) in [5.41, 5.74) is 0. The van der Waals surface area contributed by atoms with E-state index >= 15 is 0 Å². The summed E-state index contributed by atoms with van der Waals surface area (Å²) in [5.74, 6) is -1.74. The van der Waals surface area contributed by atoms with Crippen molar-refractivity contribution in [1.82, 2.24) is 4.90 Å². The van der Waals surface area contributed by atoms with Gasteiger partial charge < -0.3 is 19.8 Å². The molecule has 1 aliphatic heterocycles. The van der Waals surface area contributed by atoms with E-state index in [4.69, 9.17) is 4.74 Å². The van der Waals surface area contributed by atoms with Gasteiger partial charge in [-0.3, -0.25) is 9.59 Å². The number of hydrogen-bond acceptors (Lipinski definition) is 4. The number of carbonyl (C=O) groups is 2. The van der Waals surface area contributed by atoms with Crippen molar-refractivity contribution in [1.29, 1.82) is 0 Å². The van der Waals surface area contributed by atoms with E-state index in [9.17, 15) is 19.8 Å². The third-order valence-corrected chi connectivity index (χ3v) is 4.27. The molecule has 2 aliphatic rings. The Morgan fingerprint density at radius 1 is 1.20 bits per heavy atom. The molecule has 1 saturated carbocycles. The van der Waals surface area contributed by atoms with Crippen LogP contribution >= 0.6 is 0 Å². The molecule has 2 N–H and O–H groups in total. The topological polar surface area (TPSA) is 87.1 Å². The number of aliphatic carboxylic acids is 1. The average molecular weight is 285 g/mol. The van der Waals surface area contributed by atoms with Gasteiger partial charge in [-0.05, 0) is 25.7 Å². The molecule has 0 radical (unpaired) electrons. The van der Waals surface area contributed by atoms with Gasteiger partial charge in [-0.2, -0.15) is 0 Å². The standard InChI is InChI=1S/C14H23NO5/c1-8-3-11(12(4-8)14(18)19)13(17)15-5-9(2)20-10(6-15)7-16/h8-12,16H,3-7H2,1-2H3,(H,18,19)/t8?,9?,10?,11-,12+/m0/s1. The van der Waals surface area contributed by atoms with E-state index in [1.54, 1.807) is 4.90 Å². The smallest absolute Gasteiger partial charge is 0.307 e. The van der Waals surface area contributed by atoms with Crippen LogP contribution in [0.1, 0.15) is 26.7 Å². The first kappa shape index (κ1) is 15.3. The zero-order valence-electron chi connectivity index (χ0n) is 12.0. The predicted molar refractivity (Wildman–Crippen MR) is 71.0 cm³/mol. The molecule has 2 rings (SSSR count). The molecular formula is C14H23NO5. The van der Waals surface area contributed by atoms with Crippen LogP contribution in [0.15, 0.2) is 0 Å². The van der Waals surface area contributed by atoms with Crippen LogP contribution in [-0.4, -0.2) is 58.9 Å². The summed E-state index contributed by atoms with van der Waals surface area (Å²) in [6, 6.07) is 0. The largest absolute Gasteiger partial charge is 0.481 e. The Balaban J connectivity index is 2.07. The maximum Gasteiger partial charge on any atom is 0.307 e. The van der Waals surface area contributed by atoms with Crippen LogP contribution in [0.5, 0.6) is 0 Å². The van der Waals surface area contributed by atoms with Gasteiger partial charge in [0.25, 0.3) is 0 Å². The number of carbonyl (C=O) groups excluding carboxylic acids is 1. The normalized spacial score (nSPS) is 38.0. The molecule has 5 atom stereocenters. The highest BCUT2D eigenvalue weighted by molar-refractivity contribution is 5.85. The number of morpholine rings is 1. The first-order chi connectivity index (χ1) is 9.42. The Kier molecular flexibility index (Phi) is 4.65. The second-order valence-electron chi connectivity index (χ2n) is 6.12.